The van der Waals surface area contributed by atoms with Crippen LogP contribution in [0.3, 0.4) is 0 Å². The Hall–Kier alpha value is -2.06. The fourth-order valence-corrected chi connectivity index (χ4v) is 2.70. The van der Waals surface area contributed by atoms with Gasteiger partial charge in [-0.05, 0) is 24.6 Å². The third-order valence-electron chi connectivity index (χ3n) is 3.59. The molecule has 0 bridgehead atoms. The van der Waals surface area contributed by atoms with E-state index in [0.717, 1.165) is 36.9 Å². The Bertz CT molecular complexity index is 582. The van der Waals surface area contributed by atoms with E-state index in [1.54, 1.807) is 14.2 Å². The van der Waals surface area contributed by atoms with Crippen molar-refractivity contribution in [3.8, 4) is 18.1 Å². The zero-order chi connectivity index (χ0) is 15.9. The number of anilines is 1. The monoisotopic (exact) mass is 320 g/mol. The summed E-state index contributed by atoms with van der Waals surface area (Å²) in [5.41, 5.74) is 1.02. The largest absolute Gasteiger partial charge is 0.495 e. The van der Waals surface area contributed by atoms with Crippen molar-refractivity contribution in [1.82, 2.24) is 10.6 Å². The van der Waals surface area contributed by atoms with E-state index in [1.807, 2.05) is 18.2 Å². The Morgan fingerprint density at radius 1 is 1.59 bits per heavy atom. The fourth-order valence-electron chi connectivity index (χ4n) is 2.53. The molecule has 6 heteroatoms. The predicted octanol–water partition coefficient (Wildman–Crippen LogP) is 1.73. The van der Waals surface area contributed by atoms with Gasteiger partial charge in [-0.25, -0.2) is 0 Å². The fraction of sp³-hybridized carbons (Fsp3) is 0.438. The van der Waals surface area contributed by atoms with Crippen LogP contribution in [0.1, 0.15) is 6.42 Å². The van der Waals surface area contributed by atoms with E-state index in [1.165, 1.54) is 0 Å². The van der Waals surface area contributed by atoms with Crippen molar-refractivity contribution < 1.29 is 4.74 Å². The highest BCUT2D eigenvalue weighted by Gasteiger charge is 2.25. The molecule has 22 heavy (non-hydrogen) atoms. The van der Waals surface area contributed by atoms with Gasteiger partial charge in [0, 0.05) is 31.2 Å². The molecule has 1 atom stereocenters. The van der Waals surface area contributed by atoms with Crippen molar-refractivity contribution in [2.24, 2.45) is 4.99 Å². The van der Waals surface area contributed by atoms with E-state index in [2.05, 4.69) is 26.4 Å². The van der Waals surface area contributed by atoms with E-state index in [9.17, 15) is 0 Å². The highest BCUT2D eigenvalue weighted by atomic mass is 35.5. The Morgan fingerprint density at radius 2 is 2.41 bits per heavy atom. The molecule has 1 unspecified atom stereocenters. The number of halogens is 1. The number of nitrogens with zero attached hydrogens (tertiary/aromatic N) is 2. The molecule has 1 aliphatic rings. The molecule has 2 rings (SSSR count). The van der Waals surface area contributed by atoms with Crippen LogP contribution in [-0.2, 0) is 0 Å². The van der Waals surface area contributed by atoms with E-state index in [4.69, 9.17) is 22.8 Å². The van der Waals surface area contributed by atoms with Gasteiger partial charge in [0.05, 0.1) is 19.3 Å². The molecule has 1 aromatic rings. The average Bonchev–Trinajstić information content (AvgIpc) is 2.99. The second-order valence-electron chi connectivity index (χ2n) is 5.02. The maximum atomic E-state index is 6.11. The van der Waals surface area contributed by atoms with Crippen molar-refractivity contribution in [1.29, 1.82) is 0 Å². The Kier molecular flexibility index (Phi) is 5.79. The van der Waals surface area contributed by atoms with Gasteiger partial charge in [0.15, 0.2) is 5.96 Å². The Labute approximate surface area is 136 Å². The molecule has 0 aliphatic carbocycles. The number of ether oxygens (including phenoxy) is 1. The molecule has 1 heterocycles. The summed E-state index contributed by atoms with van der Waals surface area (Å²) < 4.78 is 5.42. The zero-order valence-electron chi connectivity index (χ0n) is 12.9. The van der Waals surface area contributed by atoms with Gasteiger partial charge in [-0.15, -0.1) is 6.42 Å². The van der Waals surface area contributed by atoms with Crippen molar-refractivity contribution >= 4 is 23.2 Å². The lowest BCUT2D eigenvalue weighted by Crippen LogP contribution is -2.44. The van der Waals surface area contributed by atoms with Gasteiger partial charge in [0.25, 0.3) is 0 Å². The van der Waals surface area contributed by atoms with E-state index >= 15 is 0 Å². The van der Waals surface area contributed by atoms with Crippen LogP contribution in [0.2, 0.25) is 5.02 Å². The van der Waals surface area contributed by atoms with Crippen LogP contribution in [0.5, 0.6) is 5.75 Å². The lowest BCUT2D eigenvalue weighted by atomic mass is 10.2. The number of terminal acetylenes is 1. The second-order valence-corrected chi connectivity index (χ2v) is 5.46. The third kappa shape index (κ3) is 3.99. The summed E-state index contributed by atoms with van der Waals surface area (Å²) in [6.45, 7) is 2.24. The molecule has 0 saturated carbocycles. The van der Waals surface area contributed by atoms with Gasteiger partial charge < -0.3 is 20.3 Å². The molecule has 1 aliphatic heterocycles. The van der Waals surface area contributed by atoms with Gasteiger partial charge in [0.1, 0.15) is 5.75 Å². The van der Waals surface area contributed by atoms with Crippen LogP contribution in [0, 0.1) is 12.3 Å². The molecule has 1 saturated heterocycles. The molecule has 2 N–H and O–H groups in total. The normalized spacial score (nSPS) is 18.0. The minimum absolute atomic E-state index is 0.299. The number of hydrogen-bond donors (Lipinski definition) is 2. The standard InChI is InChI=1S/C16H21ClN4O/c1-4-8-19-16(18-2)20-13-7-9-21(11-13)14-10-12(17)5-6-15(14)22-3/h1,5-6,10,13H,7-9,11H2,2-3H3,(H2,18,19,20). The van der Waals surface area contributed by atoms with Crippen LogP contribution < -0.4 is 20.3 Å². The summed E-state index contributed by atoms with van der Waals surface area (Å²) in [5.74, 6) is 4.10. The minimum atomic E-state index is 0.299. The summed E-state index contributed by atoms with van der Waals surface area (Å²) >= 11 is 6.11. The molecule has 0 amide bonds. The lowest BCUT2D eigenvalue weighted by molar-refractivity contribution is 0.415. The first-order valence-electron chi connectivity index (χ1n) is 7.17. The molecule has 0 radical (unpaired) electrons. The number of guanidine groups is 1. The van der Waals surface area contributed by atoms with Crippen LogP contribution in [0.4, 0.5) is 5.69 Å². The first-order valence-corrected chi connectivity index (χ1v) is 7.55. The quantitative estimate of drug-likeness (QED) is 0.504. The number of aliphatic imine (C=N–C) groups is 1. The Morgan fingerprint density at radius 3 is 3.09 bits per heavy atom. The van der Waals surface area contributed by atoms with Crippen molar-refractivity contribution in [3.05, 3.63) is 23.2 Å². The molecule has 5 nitrogen and oxygen atoms in total. The first-order chi connectivity index (χ1) is 10.7. The topological polar surface area (TPSA) is 48.9 Å². The number of benzene rings is 1. The zero-order valence-corrected chi connectivity index (χ0v) is 13.7. The molecule has 1 aromatic carbocycles. The number of nitrogens with one attached hydrogen (secondary N) is 2. The van der Waals surface area contributed by atoms with Crippen LogP contribution in [0.15, 0.2) is 23.2 Å². The SMILES string of the molecule is C#CCNC(=NC)NC1CCN(c2cc(Cl)ccc2OC)C1. The van der Waals surface area contributed by atoms with E-state index < -0.39 is 0 Å². The molecule has 0 spiro atoms. The smallest absolute Gasteiger partial charge is 0.192 e. The molecular formula is C16H21ClN4O. The first kappa shape index (κ1) is 16.3. The third-order valence-corrected chi connectivity index (χ3v) is 3.83. The van der Waals surface area contributed by atoms with Crippen molar-refractivity contribution in [2.75, 3.05) is 38.7 Å². The number of methoxy groups -OCH3 is 1. The summed E-state index contributed by atoms with van der Waals surface area (Å²) in [7, 11) is 3.41. The molecule has 1 fully saturated rings. The average molecular weight is 321 g/mol. The second kappa shape index (κ2) is 7.81. The van der Waals surface area contributed by atoms with Crippen LogP contribution in [-0.4, -0.2) is 45.8 Å². The summed E-state index contributed by atoms with van der Waals surface area (Å²) in [6.07, 6.45) is 6.26. The van der Waals surface area contributed by atoms with Gasteiger partial charge in [-0.2, -0.15) is 0 Å². The number of hydrogen-bond acceptors (Lipinski definition) is 3. The molecule has 0 aromatic heterocycles. The predicted molar refractivity (Wildman–Crippen MR) is 92.0 cm³/mol. The van der Waals surface area contributed by atoms with Crippen molar-refractivity contribution in [2.45, 2.75) is 12.5 Å². The summed E-state index contributed by atoms with van der Waals surface area (Å²) in [4.78, 5) is 6.43. The molecular weight excluding hydrogens is 300 g/mol. The summed E-state index contributed by atoms with van der Waals surface area (Å²) in [5, 5.41) is 7.16. The van der Waals surface area contributed by atoms with Gasteiger partial charge in [0.2, 0.25) is 0 Å². The van der Waals surface area contributed by atoms with Gasteiger partial charge in [-0.1, -0.05) is 17.5 Å². The highest BCUT2D eigenvalue weighted by molar-refractivity contribution is 6.30. The lowest BCUT2D eigenvalue weighted by Gasteiger charge is -2.22. The molecule has 118 valence electrons. The van der Waals surface area contributed by atoms with E-state index in [0.29, 0.717) is 17.6 Å². The minimum Gasteiger partial charge on any atom is -0.495 e. The van der Waals surface area contributed by atoms with Crippen molar-refractivity contribution in [3.63, 3.8) is 0 Å². The van der Waals surface area contributed by atoms with E-state index in [-0.39, 0.29) is 0 Å². The van der Waals surface area contributed by atoms with Gasteiger partial charge >= 0.3 is 0 Å². The maximum Gasteiger partial charge on any atom is 0.192 e. The van der Waals surface area contributed by atoms with Gasteiger partial charge in [-0.3, -0.25) is 4.99 Å². The summed E-state index contributed by atoms with van der Waals surface area (Å²) in [6, 6.07) is 5.97. The maximum absolute atomic E-state index is 6.11. The highest BCUT2D eigenvalue weighted by Crippen LogP contribution is 2.33. The van der Waals surface area contributed by atoms with Crippen LogP contribution in [0.25, 0.3) is 0 Å². The Balaban J connectivity index is 2.01. The van der Waals surface area contributed by atoms with Crippen LogP contribution >= 0.6 is 11.6 Å². The number of rotatable bonds is 4.